The maximum Gasteiger partial charge on any atom is 0.253 e. The van der Waals surface area contributed by atoms with Crippen LogP contribution in [0, 0.1) is 12.8 Å². The highest BCUT2D eigenvalue weighted by molar-refractivity contribution is 5.69. The molecule has 8 heteroatoms. The number of piperidine rings is 1. The van der Waals surface area contributed by atoms with E-state index >= 15 is 0 Å². The summed E-state index contributed by atoms with van der Waals surface area (Å²) in [5.74, 6) is 1.43. The quantitative estimate of drug-likeness (QED) is 0.523. The van der Waals surface area contributed by atoms with E-state index in [2.05, 4.69) is 31.0 Å². The van der Waals surface area contributed by atoms with Crippen molar-refractivity contribution in [1.82, 2.24) is 29.1 Å². The lowest BCUT2D eigenvalue weighted by Gasteiger charge is -2.33. The molecular weight excluding hydrogens is 378 g/mol. The summed E-state index contributed by atoms with van der Waals surface area (Å²) in [5.41, 5.74) is 3.60. The summed E-state index contributed by atoms with van der Waals surface area (Å²) in [6.45, 7) is 4.52. The van der Waals surface area contributed by atoms with Gasteiger partial charge in [0.2, 0.25) is 0 Å². The maximum absolute atomic E-state index is 12.6. The first-order valence-corrected chi connectivity index (χ1v) is 10.2. The minimum Gasteiger partial charge on any atom is -0.355 e. The van der Waals surface area contributed by atoms with Crippen molar-refractivity contribution in [2.24, 2.45) is 5.92 Å². The van der Waals surface area contributed by atoms with Crippen LogP contribution in [0.5, 0.6) is 0 Å². The van der Waals surface area contributed by atoms with E-state index in [0.717, 1.165) is 48.5 Å². The van der Waals surface area contributed by atoms with Crippen molar-refractivity contribution >= 4 is 11.3 Å². The SMILES string of the molecule is Cc1cc2c(N3CCC(Cn4cnc(-c5ccncc5)cc4=O)CC3)nccn2n1. The molecule has 1 fully saturated rings. The van der Waals surface area contributed by atoms with Crippen molar-refractivity contribution < 1.29 is 0 Å². The van der Waals surface area contributed by atoms with Gasteiger partial charge in [-0.25, -0.2) is 14.5 Å². The Morgan fingerprint density at radius 1 is 1.07 bits per heavy atom. The van der Waals surface area contributed by atoms with Crippen molar-refractivity contribution in [1.29, 1.82) is 0 Å². The van der Waals surface area contributed by atoms with Crippen molar-refractivity contribution in [2.45, 2.75) is 26.3 Å². The highest BCUT2D eigenvalue weighted by Crippen LogP contribution is 2.26. The Morgan fingerprint density at radius 2 is 1.87 bits per heavy atom. The van der Waals surface area contributed by atoms with Crippen LogP contribution in [0.4, 0.5) is 5.82 Å². The second kappa shape index (κ2) is 7.70. The molecule has 5 rings (SSSR count). The Bertz CT molecular complexity index is 1220. The zero-order chi connectivity index (χ0) is 20.5. The number of hydrogen-bond acceptors (Lipinski definition) is 6. The molecule has 0 atom stereocenters. The molecule has 4 aromatic heterocycles. The van der Waals surface area contributed by atoms with Crippen LogP contribution in [0.15, 0.2) is 60.2 Å². The molecule has 0 aliphatic carbocycles. The Kier molecular flexibility index (Phi) is 4.74. The molecule has 0 spiro atoms. The zero-order valence-corrected chi connectivity index (χ0v) is 16.8. The molecule has 0 N–H and O–H groups in total. The molecule has 8 nitrogen and oxygen atoms in total. The van der Waals surface area contributed by atoms with Crippen molar-refractivity contribution in [3.8, 4) is 11.3 Å². The van der Waals surface area contributed by atoms with E-state index in [1.165, 1.54) is 0 Å². The molecule has 5 heterocycles. The highest BCUT2D eigenvalue weighted by Gasteiger charge is 2.22. The van der Waals surface area contributed by atoms with Crippen LogP contribution >= 0.6 is 0 Å². The number of rotatable bonds is 4. The third-order valence-electron chi connectivity index (χ3n) is 5.72. The molecule has 0 saturated carbocycles. The van der Waals surface area contributed by atoms with Gasteiger partial charge in [-0.1, -0.05) is 0 Å². The van der Waals surface area contributed by atoms with Gasteiger partial charge in [-0.05, 0) is 43.9 Å². The molecule has 152 valence electrons. The van der Waals surface area contributed by atoms with Crippen LogP contribution in [-0.4, -0.2) is 42.2 Å². The van der Waals surface area contributed by atoms with Crippen LogP contribution in [0.2, 0.25) is 0 Å². The van der Waals surface area contributed by atoms with Gasteiger partial charge in [-0.3, -0.25) is 14.3 Å². The van der Waals surface area contributed by atoms with E-state index in [9.17, 15) is 4.79 Å². The van der Waals surface area contributed by atoms with E-state index in [1.54, 1.807) is 35.6 Å². The molecule has 0 bridgehead atoms. The number of aryl methyl sites for hydroxylation is 1. The largest absolute Gasteiger partial charge is 0.355 e. The van der Waals surface area contributed by atoms with Gasteiger partial charge in [0.15, 0.2) is 5.82 Å². The van der Waals surface area contributed by atoms with Gasteiger partial charge in [0.05, 0.1) is 17.7 Å². The normalized spacial score (nSPS) is 15.0. The summed E-state index contributed by atoms with van der Waals surface area (Å²) in [4.78, 5) is 28.0. The fraction of sp³-hybridized carbons (Fsp3) is 0.318. The van der Waals surface area contributed by atoms with E-state index in [1.807, 2.05) is 29.8 Å². The van der Waals surface area contributed by atoms with E-state index in [0.29, 0.717) is 18.2 Å². The first kappa shape index (κ1) is 18.5. The number of anilines is 1. The topological polar surface area (TPSA) is 81.2 Å². The van der Waals surface area contributed by atoms with Gasteiger partial charge in [-0.15, -0.1) is 0 Å². The summed E-state index contributed by atoms with van der Waals surface area (Å²) < 4.78 is 3.61. The van der Waals surface area contributed by atoms with E-state index < -0.39 is 0 Å². The number of pyridine rings is 1. The monoisotopic (exact) mass is 401 g/mol. The Hall–Kier alpha value is -3.55. The maximum atomic E-state index is 12.6. The lowest BCUT2D eigenvalue weighted by Crippen LogP contribution is -2.37. The molecule has 1 aliphatic heterocycles. The Balaban J connectivity index is 1.27. The minimum absolute atomic E-state index is 0.0135. The van der Waals surface area contributed by atoms with Crippen molar-refractivity contribution in [3.63, 3.8) is 0 Å². The number of nitrogens with zero attached hydrogens (tertiary/aromatic N) is 7. The zero-order valence-electron chi connectivity index (χ0n) is 16.8. The van der Waals surface area contributed by atoms with Crippen LogP contribution < -0.4 is 10.5 Å². The molecule has 0 aromatic carbocycles. The second-order valence-electron chi connectivity index (χ2n) is 7.80. The summed E-state index contributed by atoms with van der Waals surface area (Å²) in [6.07, 6.45) is 10.8. The molecule has 0 amide bonds. The van der Waals surface area contributed by atoms with E-state index in [-0.39, 0.29) is 5.56 Å². The van der Waals surface area contributed by atoms with Gasteiger partial charge in [0, 0.05) is 56.1 Å². The van der Waals surface area contributed by atoms with E-state index in [4.69, 9.17) is 0 Å². The molecule has 4 aromatic rings. The third-order valence-corrected chi connectivity index (χ3v) is 5.72. The number of fused-ring (bicyclic) bond motifs is 1. The lowest BCUT2D eigenvalue weighted by molar-refractivity contribution is 0.350. The Labute approximate surface area is 173 Å². The number of hydrogen-bond donors (Lipinski definition) is 0. The second-order valence-corrected chi connectivity index (χ2v) is 7.80. The molecule has 0 unspecified atom stereocenters. The van der Waals surface area contributed by atoms with Gasteiger partial charge < -0.3 is 4.90 Å². The van der Waals surface area contributed by atoms with Crippen LogP contribution in [0.1, 0.15) is 18.5 Å². The van der Waals surface area contributed by atoms with Crippen molar-refractivity contribution in [3.05, 3.63) is 71.4 Å². The molecule has 0 radical (unpaired) electrons. The minimum atomic E-state index is -0.0135. The summed E-state index contributed by atoms with van der Waals surface area (Å²) in [7, 11) is 0. The fourth-order valence-electron chi connectivity index (χ4n) is 4.12. The average molecular weight is 401 g/mol. The molecule has 30 heavy (non-hydrogen) atoms. The predicted octanol–water partition coefficient (Wildman–Crippen LogP) is 2.57. The summed E-state index contributed by atoms with van der Waals surface area (Å²) in [6, 6.07) is 7.40. The summed E-state index contributed by atoms with van der Waals surface area (Å²) >= 11 is 0. The van der Waals surface area contributed by atoms with Gasteiger partial charge in [0.25, 0.3) is 5.56 Å². The number of aromatic nitrogens is 6. The summed E-state index contributed by atoms with van der Waals surface area (Å²) in [5, 5.41) is 4.48. The molecule has 1 saturated heterocycles. The Morgan fingerprint density at radius 3 is 2.63 bits per heavy atom. The molecular formula is C22H23N7O. The highest BCUT2D eigenvalue weighted by atomic mass is 16.1. The standard InChI is InChI=1S/C22H23N7O/c1-16-12-20-22(24-8-11-29(20)26-16)27-9-4-17(5-10-27)14-28-15-25-19(13-21(28)30)18-2-6-23-7-3-18/h2-3,6-8,11-13,15,17H,4-5,9-10,14H2,1H3. The predicted molar refractivity (Wildman–Crippen MR) is 114 cm³/mol. The third kappa shape index (κ3) is 3.56. The van der Waals surface area contributed by atoms with Gasteiger partial charge >= 0.3 is 0 Å². The van der Waals surface area contributed by atoms with Crippen LogP contribution in [0.25, 0.3) is 16.8 Å². The van der Waals surface area contributed by atoms with Crippen molar-refractivity contribution in [2.75, 3.05) is 18.0 Å². The lowest BCUT2D eigenvalue weighted by atomic mass is 9.96. The first-order chi connectivity index (χ1) is 14.7. The van der Waals surface area contributed by atoms with Crippen LogP contribution in [-0.2, 0) is 6.54 Å². The molecule has 1 aliphatic rings. The smallest absolute Gasteiger partial charge is 0.253 e. The van der Waals surface area contributed by atoms with Gasteiger partial charge in [-0.2, -0.15) is 5.10 Å². The average Bonchev–Trinajstić information content (AvgIpc) is 3.16. The first-order valence-electron chi connectivity index (χ1n) is 10.2. The fourth-order valence-corrected chi connectivity index (χ4v) is 4.12. The van der Waals surface area contributed by atoms with Gasteiger partial charge in [0.1, 0.15) is 5.52 Å². The van der Waals surface area contributed by atoms with Crippen LogP contribution in [0.3, 0.4) is 0 Å².